The van der Waals surface area contributed by atoms with Gasteiger partial charge in [0.2, 0.25) is 0 Å². The Bertz CT molecular complexity index is 436. The van der Waals surface area contributed by atoms with Gasteiger partial charge in [-0.05, 0) is 35.1 Å². The normalized spacial score (nSPS) is 20.6. The molecule has 1 aliphatic carbocycles. The number of rotatable bonds is 1. The summed E-state index contributed by atoms with van der Waals surface area (Å²) in [6, 6.07) is 6.10. The largest absolute Gasteiger partial charge is 0.497 e. The van der Waals surface area contributed by atoms with E-state index in [9.17, 15) is 0 Å². The maximum atomic E-state index is 8.91. The number of ether oxygens (including phenoxy) is 1. The predicted molar refractivity (Wildman–Crippen MR) is 63.6 cm³/mol. The van der Waals surface area contributed by atoms with Crippen molar-refractivity contribution in [3.05, 3.63) is 29.3 Å². The number of nitrogens with zero attached hydrogens (tertiary/aromatic N) is 1. The fourth-order valence-corrected chi connectivity index (χ4v) is 2.43. The summed E-state index contributed by atoms with van der Waals surface area (Å²) in [4.78, 5) is 0. The summed E-state index contributed by atoms with van der Waals surface area (Å²) < 4.78 is 5.25. The molecule has 0 radical (unpaired) electrons. The zero-order valence-corrected chi connectivity index (χ0v) is 9.95. The lowest BCUT2D eigenvalue weighted by Gasteiger charge is -2.33. The van der Waals surface area contributed by atoms with Crippen LogP contribution in [0.3, 0.4) is 0 Å². The summed E-state index contributed by atoms with van der Waals surface area (Å²) in [5, 5.41) is 12.3. The Balaban J connectivity index is 2.51. The second-order valence-corrected chi connectivity index (χ2v) is 4.93. The van der Waals surface area contributed by atoms with Crippen molar-refractivity contribution in [3.8, 4) is 5.75 Å². The Morgan fingerprint density at radius 2 is 2.12 bits per heavy atom. The fraction of sp³-hybridized carbons (Fsp3) is 0.462. The van der Waals surface area contributed by atoms with Crippen LogP contribution >= 0.6 is 0 Å². The van der Waals surface area contributed by atoms with Gasteiger partial charge >= 0.3 is 0 Å². The minimum atomic E-state index is 0.00366. The van der Waals surface area contributed by atoms with Crippen LogP contribution in [0.25, 0.3) is 0 Å². The molecule has 0 spiro atoms. The first-order valence-electron chi connectivity index (χ1n) is 5.44. The van der Waals surface area contributed by atoms with Crippen molar-refractivity contribution in [3.63, 3.8) is 0 Å². The monoisotopic (exact) mass is 219 g/mol. The molecule has 0 aliphatic heterocycles. The lowest BCUT2D eigenvalue weighted by Crippen LogP contribution is -2.30. The van der Waals surface area contributed by atoms with Gasteiger partial charge in [-0.15, -0.1) is 0 Å². The van der Waals surface area contributed by atoms with Crippen molar-refractivity contribution < 1.29 is 9.94 Å². The SMILES string of the molecule is COc1ccc2c(c1)C(C)(C)C/C(=N/O)C2. The summed E-state index contributed by atoms with van der Waals surface area (Å²) in [7, 11) is 1.68. The number of hydrogen-bond acceptors (Lipinski definition) is 3. The van der Waals surface area contributed by atoms with Crippen LogP contribution in [0.15, 0.2) is 23.4 Å². The molecule has 0 aromatic heterocycles. The van der Waals surface area contributed by atoms with Gasteiger partial charge in [0, 0.05) is 6.42 Å². The number of hydrogen-bond donors (Lipinski definition) is 1. The van der Waals surface area contributed by atoms with Crippen LogP contribution in [0.4, 0.5) is 0 Å². The van der Waals surface area contributed by atoms with E-state index in [1.165, 1.54) is 11.1 Å². The Hall–Kier alpha value is -1.51. The van der Waals surface area contributed by atoms with Crippen LogP contribution in [0.1, 0.15) is 31.4 Å². The molecule has 0 saturated heterocycles. The van der Waals surface area contributed by atoms with Crippen molar-refractivity contribution in [2.75, 3.05) is 7.11 Å². The summed E-state index contributed by atoms with van der Waals surface area (Å²) in [5.74, 6) is 0.885. The zero-order chi connectivity index (χ0) is 11.8. The second kappa shape index (κ2) is 3.81. The third-order valence-corrected chi connectivity index (χ3v) is 3.23. The third-order valence-electron chi connectivity index (χ3n) is 3.23. The summed E-state index contributed by atoms with van der Waals surface area (Å²) >= 11 is 0. The first kappa shape index (κ1) is 11.0. The van der Waals surface area contributed by atoms with Crippen LogP contribution in [-0.4, -0.2) is 18.0 Å². The van der Waals surface area contributed by atoms with Gasteiger partial charge in [0.15, 0.2) is 0 Å². The topological polar surface area (TPSA) is 41.8 Å². The highest BCUT2D eigenvalue weighted by atomic mass is 16.5. The molecule has 0 saturated carbocycles. The first-order chi connectivity index (χ1) is 7.56. The van der Waals surface area contributed by atoms with E-state index in [4.69, 9.17) is 9.94 Å². The first-order valence-corrected chi connectivity index (χ1v) is 5.44. The molecule has 0 heterocycles. The van der Waals surface area contributed by atoms with E-state index in [-0.39, 0.29) is 5.41 Å². The van der Waals surface area contributed by atoms with E-state index in [0.29, 0.717) is 0 Å². The molecule has 0 amide bonds. The van der Waals surface area contributed by atoms with Gasteiger partial charge in [-0.25, -0.2) is 0 Å². The Morgan fingerprint density at radius 1 is 1.38 bits per heavy atom. The van der Waals surface area contributed by atoms with Crippen molar-refractivity contribution in [2.24, 2.45) is 5.16 Å². The minimum absolute atomic E-state index is 0.00366. The number of benzene rings is 1. The zero-order valence-electron chi connectivity index (χ0n) is 9.95. The fourth-order valence-electron chi connectivity index (χ4n) is 2.43. The molecule has 3 heteroatoms. The molecular formula is C13H17NO2. The Labute approximate surface area is 95.7 Å². The van der Waals surface area contributed by atoms with E-state index in [1.54, 1.807) is 7.11 Å². The molecule has 86 valence electrons. The Kier molecular flexibility index (Phi) is 2.62. The van der Waals surface area contributed by atoms with Crippen molar-refractivity contribution in [1.29, 1.82) is 0 Å². The van der Waals surface area contributed by atoms with Gasteiger partial charge in [-0.3, -0.25) is 0 Å². The average Bonchev–Trinajstić information content (AvgIpc) is 2.27. The second-order valence-electron chi connectivity index (χ2n) is 4.93. The van der Waals surface area contributed by atoms with E-state index in [1.807, 2.05) is 6.07 Å². The van der Waals surface area contributed by atoms with Gasteiger partial charge in [-0.1, -0.05) is 25.1 Å². The molecule has 3 nitrogen and oxygen atoms in total. The molecule has 1 aromatic carbocycles. The molecule has 1 N–H and O–H groups in total. The van der Waals surface area contributed by atoms with Gasteiger partial charge < -0.3 is 9.94 Å². The quantitative estimate of drug-likeness (QED) is 0.583. The highest BCUT2D eigenvalue weighted by Gasteiger charge is 2.31. The van der Waals surface area contributed by atoms with E-state index >= 15 is 0 Å². The summed E-state index contributed by atoms with van der Waals surface area (Å²) in [6.45, 7) is 4.32. The molecule has 16 heavy (non-hydrogen) atoms. The summed E-state index contributed by atoms with van der Waals surface area (Å²) in [5.41, 5.74) is 3.37. The van der Waals surface area contributed by atoms with Crippen molar-refractivity contribution >= 4 is 5.71 Å². The Morgan fingerprint density at radius 3 is 2.75 bits per heavy atom. The minimum Gasteiger partial charge on any atom is -0.497 e. The van der Waals surface area contributed by atoms with E-state index < -0.39 is 0 Å². The van der Waals surface area contributed by atoms with E-state index in [2.05, 4.69) is 31.1 Å². The lowest BCUT2D eigenvalue weighted by molar-refractivity contribution is 0.313. The van der Waals surface area contributed by atoms with E-state index in [0.717, 1.165) is 24.3 Å². The smallest absolute Gasteiger partial charge is 0.119 e. The molecule has 0 unspecified atom stereocenters. The maximum absolute atomic E-state index is 8.91. The highest BCUT2D eigenvalue weighted by Crippen LogP contribution is 2.37. The summed E-state index contributed by atoms with van der Waals surface area (Å²) in [6.07, 6.45) is 1.53. The van der Waals surface area contributed by atoms with Crippen LogP contribution in [0.5, 0.6) is 5.75 Å². The predicted octanol–water partition coefficient (Wildman–Crippen LogP) is 2.75. The number of methoxy groups -OCH3 is 1. The lowest BCUT2D eigenvalue weighted by atomic mass is 9.72. The molecule has 0 bridgehead atoms. The van der Waals surface area contributed by atoms with Crippen molar-refractivity contribution in [1.82, 2.24) is 0 Å². The third kappa shape index (κ3) is 1.77. The van der Waals surface area contributed by atoms with Crippen LogP contribution in [0.2, 0.25) is 0 Å². The van der Waals surface area contributed by atoms with Crippen molar-refractivity contribution in [2.45, 2.75) is 32.1 Å². The van der Waals surface area contributed by atoms with Gasteiger partial charge in [-0.2, -0.15) is 0 Å². The van der Waals surface area contributed by atoms with Gasteiger partial charge in [0.25, 0.3) is 0 Å². The highest BCUT2D eigenvalue weighted by molar-refractivity contribution is 5.89. The van der Waals surface area contributed by atoms with Crippen LogP contribution < -0.4 is 4.74 Å². The molecule has 1 aliphatic rings. The number of oxime groups is 1. The molecular weight excluding hydrogens is 202 g/mol. The standard InChI is InChI=1S/C13H17NO2/c1-13(2)8-10(14-15)6-9-4-5-11(16-3)7-12(9)13/h4-5,7,15H,6,8H2,1-3H3/b14-10+. The average molecular weight is 219 g/mol. The molecule has 0 atom stereocenters. The molecule has 1 aromatic rings. The number of fused-ring (bicyclic) bond motifs is 1. The molecule has 0 fully saturated rings. The van der Waals surface area contributed by atoms with Crippen LogP contribution in [-0.2, 0) is 11.8 Å². The van der Waals surface area contributed by atoms with Gasteiger partial charge in [0.05, 0.1) is 12.8 Å². The van der Waals surface area contributed by atoms with Crippen LogP contribution in [0, 0.1) is 0 Å². The van der Waals surface area contributed by atoms with Gasteiger partial charge in [0.1, 0.15) is 5.75 Å². The maximum Gasteiger partial charge on any atom is 0.119 e. The molecule has 2 rings (SSSR count).